The van der Waals surface area contributed by atoms with E-state index in [0.29, 0.717) is 27.8 Å². The minimum absolute atomic E-state index is 0.159. The third kappa shape index (κ3) is 2.39. The lowest BCUT2D eigenvalue weighted by molar-refractivity contribution is 0.0785. The molecule has 0 aliphatic carbocycles. The van der Waals surface area contributed by atoms with E-state index >= 15 is 0 Å². The zero-order valence-electron chi connectivity index (χ0n) is 10.7. The fourth-order valence-corrected chi connectivity index (χ4v) is 3.13. The number of hydrogen-bond donors (Lipinski definition) is 1. The van der Waals surface area contributed by atoms with Crippen molar-refractivity contribution in [1.29, 1.82) is 0 Å². The van der Waals surface area contributed by atoms with E-state index in [2.05, 4.69) is 5.16 Å². The minimum atomic E-state index is 0.159. The van der Waals surface area contributed by atoms with E-state index in [0.717, 1.165) is 25.1 Å². The van der Waals surface area contributed by atoms with Gasteiger partial charge in [-0.1, -0.05) is 34.4 Å². The third-order valence-electron chi connectivity index (χ3n) is 3.50. The summed E-state index contributed by atoms with van der Waals surface area (Å²) in [5.41, 5.74) is 8.07. The van der Waals surface area contributed by atoms with Crippen LogP contribution in [0.4, 0.5) is 5.88 Å². The van der Waals surface area contributed by atoms with Crippen LogP contribution in [0.15, 0.2) is 22.7 Å². The average Bonchev–Trinajstić information content (AvgIpc) is 2.82. The summed E-state index contributed by atoms with van der Waals surface area (Å²) < 4.78 is 10.7. The molecular formula is C14H14Cl2N2O2. The van der Waals surface area contributed by atoms with Crippen molar-refractivity contribution in [2.45, 2.75) is 18.8 Å². The Morgan fingerprint density at radius 2 is 1.95 bits per heavy atom. The lowest BCUT2D eigenvalue weighted by Gasteiger charge is -2.21. The smallest absolute Gasteiger partial charge is 0.230 e. The summed E-state index contributed by atoms with van der Waals surface area (Å²) in [7, 11) is 0. The van der Waals surface area contributed by atoms with Gasteiger partial charge < -0.3 is 15.0 Å². The molecule has 3 rings (SSSR count). The summed E-state index contributed by atoms with van der Waals surface area (Å²) in [5.74, 6) is 0.396. The number of rotatable bonds is 2. The highest BCUT2D eigenvalue weighted by Crippen LogP contribution is 2.43. The Hall–Kier alpha value is -1.23. The Kier molecular flexibility index (Phi) is 3.87. The highest BCUT2D eigenvalue weighted by molar-refractivity contribution is 6.39. The number of anilines is 1. The van der Waals surface area contributed by atoms with Crippen LogP contribution in [-0.2, 0) is 4.74 Å². The molecule has 20 heavy (non-hydrogen) atoms. The molecule has 1 aromatic heterocycles. The van der Waals surface area contributed by atoms with E-state index in [-0.39, 0.29) is 11.8 Å². The van der Waals surface area contributed by atoms with Crippen molar-refractivity contribution < 1.29 is 9.26 Å². The van der Waals surface area contributed by atoms with Crippen molar-refractivity contribution in [3.8, 4) is 11.1 Å². The molecule has 1 fully saturated rings. The van der Waals surface area contributed by atoms with E-state index in [9.17, 15) is 0 Å². The van der Waals surface area contributed by atoms with Gasteiger partial charge in [-0.25, -0.2) is 0 Å². The van der Waals surface area contributed by atoms with E-state index < -0.39 is 0 Å². The largest absolute Gasteiger partial charge is 0.381 e. The summed E-state index contributed by atoms with van der Waals surface area (Å²) in [5, 5.41) is 5.17. The fraction of sp³-hybridized carbons (Fsp3) is 0.357. The van der Waals surface area contributed by atoms with Gasteiger partial charge in [0.2, 0.25) is 5.88 Å². The maximum absolute atomic E-state index is 6.26. The molecule has 1 aliphatic heterocycles. The summed E-state index contributed by atoms with van der Waals surface area (Å²) in [6.45, 7) is 1.40. The summed E-state index contributed by atoms with van der Waals surface area (Å²) >= 11 is 12.5. The molecule has 1 saturated heterocycles. The van der Waals surface area contributed by atoms with Gasteiger partial charge in [-0.15, -0.1) is 0 Å². The molecule has 0 saturated carbocycles. The number of halogens is 2. The second kappa shape index (κ2) is 5.64. The van der Waals surface area contributed by atoms with E-state index in [1.54, 1.807) is 18.2 Å². The number of nitrogens with two attached hydrogens (primary N) is 1. The average molecular weight is 313 g/mol. The Morgan fingerprint density at radius 1 is 1.20 bits per heavy atom. The first-order valence-corrected chi connectivity index (χ1v) is 7.21. The second-order valence-corrected chi connectivity index (χ2v) is 5.63. The van der Waals surface area contributed by atoms with Crippen LogP contribution in [0.2, 0.25) is 10.0 Å². The van der Waals surface area contributed by atoms with Crippen molar-refractivity contribution >= 4 is 29.1 Å². The maximum atomic E-state index is 6.26. The first-order chi connectivity index (χ1) is 9.68. The fourth-order valence-electron chi connectivity index (χ4n) is 2.54. The lowest BCUT2D eigenvalue weighted by atomic mass is 9.92. The number of nitrogens with zero attached hydrogens (tertiary/aromatic N) is 1. The summed E-state index contributed by atoms with van der Waals surface area (Å²) in [6.07, 6.45) is 1.98. The molecule has 4 nitrogen and oxygen atoms in total. The second-order valence-electron chi connectivity index (χ2n) is 4.82. The number of benzene rings is 1. The summed E-state index contributed by atoms with van der Waals surface area (Å²) in [6, 6.07) is 5.34. The molecule has 2 N–H and O–H groups in total. The van der Waals surface area contributed by atoms with Gasteiger partial charge >= 0.3 is 0 Å². The van der Waals surface area contributed by atoms with E-state index in [1.165, 1.54) is 0 Å². The minimum Gasteiger partial charge on any atom is -0.381 e. The normalized spacial score (nSPS) is 19.2. The van der Waals surface area contributed by atoms with Crippen molar-refractivity contribution in [3.63, 3.8) is 0 Å². The van der Waals surface area contributed by atoms with Gasteiger partial charge in [0.15, 0.2) is 0 Å². The van der Waals surface area contributed by atoms with Gasteiger partial charge in [0.05, 0.1) is 27.9 Å². The van der Waals surface area contributed by atoms with Crippen LogP contribution in [0, 0.1) is 0 Å². The molecule has 1 aromatic carbocycles. The van der Waals surface area contributed by atoms with Gasteiger partial charge in [0, 0.05) is 18.1 Å². The van der Waals surface area contributed by atoms with Gasteiger partial charge in [-0.3, -0.25) is 0 Å². The molecule has 106 valence electrons. The lowest BCUT2D eigenvalue weighted by Crippen LogP contribution is -2.16. The maximum Gasteiger partial charge on any atom is 0.230 e. The highest BCUT2D eigenvalue weighted by Gasteiger charge is 2.28. The van der Waals surface area contributed by atoms with Gasteiger partial charge in [-0.05, 0) is 25.0 Å². The molecule has 0 spiro atoms. The first-order valence-electron chi connectivity index (χ1n) is 6.45. The van der Waals surface area contributed by atoms with Gasteiger partial charge in [0.1, 0.15) is 0 Å². The molecule has 1 atom stereocenters. The molecule has 1 aliphatic rings. The predicted molar refractivity (Wildman–Crippen MR) is 79.2 cm³/mol. The number of ether oxygens (including phenoxy) is 1. The number of hydrogen-bond acceptors (Lipinski definition) is 4. The molecule has 2 aromatic rings. The van der Waals surface area contributed by atoms with Crippen LogP contribution in [0.3, 0.4) is 0 Å². The zero-order valence-corrected chi connectivity index (χ0v) is 12.2. The third-order valence-corrected chi connectivity index (χ3v) is 4.13. The Labute approximate surface area is 126 Å². The van der Waals surface area contributed by atoms with Gasteiger partial charge in [0.25, 0.3) is 0 Å². The predicted octanol–water partition coefficient (Wildman–Crippen LogP) is 4.12. The highest BCUT2D eigenvalue weighted by atomic mass is 35.5. The molecule has 0 bridgehead atoms. The summed E-state index contributed by atoms with van der Waals surface area (Å²) in [4.78, 5) is 0. The van der Waals surface area contributed by atoms with Gasteiger partial charge in [-0.2, -0.15) is 0 Å². The van der Waals surface area contributed by atoms with Crippen molar-refractivity contribution in [2.24, 2.45) is 0 Å². The van der Waals surface area contributed by atoms with Crippen molar-refractivity contribution in [3.05, 3.63) is 33.9 Å². The van der Waals surface area contributed by atoms with Crippen LogP contribution in [0.1, 0.15) is 24.5 Å². The number of nitrogen functional groups attached to an aromatic ring is 1. The molecule has 6 heteroatoms. The van der Waals surface area contributed by atoms with Crippen molar-refractivity contribution in [2.75, 3.05) is 18.9 Å². The van der Waals surface area contributed by atoms with Crippen LogP contribution < -0.4 is 5.73 Å². The topological polar surface area (TPSA) is 61.3 Å². The zero-order chi connectivity index (χ0) is 14.1. The van der Waals surface area contributed by atoms with E-state index in [1.807, 2.05) is 0 Å². The molecule has 2 heterocycles. The Balaban J connectivity index is 2.11. The van der Waals surface area contributed by atoms with Crippen LogP contribution in [-0.4, -0.2) is 18.4 Å². The Bertz CT molecular complexity index is 601. The first kappa shape index (κ1) is 13.7. The van der Waals surface area contributed by atoms with Crippen LogP contribution in [0.5, 0.6) is 0 Å². The molecule has 0 radical (unpaired) electrons. The van der Waals surface area contributed by atoms with Crippen LogP contribution in [0.25, 0.3) is 11.1 Å². The SMILES string of the molecule is Nc1onc(C2CCCOC2)c1-c1c(Cl)cccc1Cl. The molecule has 1 unspecified atom stereocenters. The monoisotopic (exact) mass is 312 g/mol. The standard InChI is InChI=1S/C14H14Cl2N2O2/c15-9-4-1-5-10(16)11(9)12-13(18-20-14(12)17)8-3-2-6-19-7-8/h1,4-5,8H,2-3,6-7,17H2. The van der Waals surface area contributed by atoms with Crippen molar-refractivity contribution in [1.82, 2.24) is 5.16 Å². The van der Waals surface area contributed by atoms with E-state index in [4.69, 9.17) is 38.2 Å². The Morgan fingerprint density at radius 3 is 2.60 bits per heavy atom. The number of aromatic nitrogens is 1. The molecular weight excluding hydrogens is 299 g/mol. The van der Waals surface area contributed by atoms with Crippen LogP contribution >= 0.6 is 23.2 Å². The molecule has 0 amide bonds. The quantitative estimate of drug-likeness (QED) is 0.906.